The van der Waals surface area contributed by atoms with E-state index in [0.717, 1.165) is 18.8 Å². The fourth-order valence-corrected chi connectivity index (χ4v) is 2.05. The van der Waals surface area contributed by atoms with Gasteiger partial charge in [-0.1, -0.05) is 31.2 Å². The van der Waals surface area contributed by atoms with E-state index in [4.69, 9.17) is 5.11 Å². The largest absolute Gasteiger partial charge is 0.481 e. The zero-order valence-electron chi connectivity index (χ0n) is 11.3. The number of hydrogen-bond donors (Lipinski definition) is 1. The summed E-state index contributed by atoms with van der Waals surface area (Å²) in [4.78, 5) is 14.9. The fraction of sp³-hybridized carbons (Fsp3) is 0.333. The molecule has 0 saturated heterocycles. The van der Waals surface area contributed by atoms with E-state index >= 15 is 0 Å². The molecule has 4 heteroatoms. The van der Waals surface area contributed by atoms with Gasteiger partial charge in [-0.05, 0) is 24.5 Å². The topological polar surface area (TPSA) is 55.1 Å². The second kappa shape index (κ2) is 5.69. The Labute approximate surface area is 112 Å². The monoisotopic (exact) mass is 258 g/mol. The Kier molecular flexibility index (Phi) is 4.00. The molecule has 0 aliphatic carbocycles. The number of aromatic nitrogens is 2. The molecule has 0 fully saturated rings. The molecular weight excluding hydrogens is 240 g/mol. The van der Waals surface area contributed by atoms with Crippen molar-refractivity contribution in [1.82, 2.24) is 9.55 Å². The summed E-state index contributed by atoms with van der Waals surface area (Å²) in [5, 5.41) is 8.77. The van der Waals surface area contributed by atoms with Gasteiger partial charge in [-0.2, -0.15) is 0 Å². The quantitative estimate of drug-likeness (QED) is 0.896. The first kappa shape index (κ1) is 13.3. The normalized spacial score (nSPS) is 10.6. The van der Waals surface area contributed by atoms with Crippen molar-refractivity contribution < 1.29 is 9.90 Å². The summed E-state index contributed by atoms with van der Waals surface area (Å²) in [5.41, 5.74) is 3.12. The number of rotatable bonds is 5. The summed E-state index contributed by atoms with van der Waals surface area (Å²) in [6.07, 6.45) is 2.83. The predicted molar refractivity (Wildman–Crippen MR) is 73.2 cm³/mol. The molecule has 0 radical (unpaired) electrons. The molecule has 100 valence electrons. The minimum atomic E-state index is -0.850. The number of nitrogens with zero attached hydrogens (tertiary/aromatic N) is 2. The Hall–Kier alpha value is -2.10. The number of imidazole rings is 1. The standard InChI is InChI=1S/C15H18N2O2/c1-3-12-4-6-13(7-5-12)9-17-10-14(8-15(18)19)16-11(17)2/h4-7,10H,3,8-9H2,1-2H3,(H,18,19). The van der Waals surface area contributed by atoms with Crippen molar-refractivity contribution in [2.75, 3.05) is 0 Å². The Balaban J connectivity index is 2.13. The van der Waals surface area contributed by atoms with Crippen LogP contribution in [-0.4, -0.2) is 20.6 Å². The van der Waals surface area contributed by atoms with Crippen LogP contribution in [0, 0.1) is 6.92 Å². The highest BCUT2D eigenvalue weighted by molar-refractivity contribution is 5.69. The molecule has 1 N–H and O–H groups in total. The van der Waals surface area contributed by atoms with Crippen LogP contribution in [-0.2, 0) is 24.2 Å². The lowest BCUT2D eigenvalue weighted by Crippen LogP contribution is -2.01. The zero-order chi connectivity index (χ0) is 13.8. The van der Waals surface area contributed by atoms with Crippen LogP contribution < -0.4 is 0 Å². The molecule has 4 nitrogen and oxygen atoms in total. The van der Waals surface area contributed by atoms with Crippen molar-refractivity contribution in [3.8, 4) is 0 Å². The minimum absolute atomic E-state index is 0.0252. The number of aliphatic carboxylic acids is 1. The second-order valence-corrected chi connectivity index (χ2v) is 4.65. The van der Waals surface area contributed by atoms with Gasteiger partial charge >= 0.3 is 5.97 Å². The number of aryl methyl sites for hydroxylation is 2. The van der Waals surface area contributed by atoms with Crippen LogP contribution >= 0.6 is 0 Å². The number of carboxylic acid groups (broad SMARTS) is 1. The number of carbonyl (C=O) groups is 1. The van der Waals surface area contributed by atoms with Crippen LogP contribution in [0.15, 0.2) is 30.5 Å². The molecular formula is C15H18N2O2. The minimum Gasteiger partial charge on any atom is -0.481 e. The first-order valence-corrected chi connectivity index (χ1v) is 6.40. The Bertz CT molecular complexity index is 570. The molecule has 2 rings (SSSR count). The average molecular weight is 258 g/mol. The summed E-state index contributed by atoms with van der Waals surface area (Å²) in [7, 11) is 0. The van der Waals surface area contributed by atoms with Crippen molar-refractivity contribution in [2.24, 2.45) is 0 Å². The first-order valence-electron chi connectivity index (χ1n) is 6.40. The maximum atomic E-state index is 10.7. The summed E-state index contributed by atoms with van der Waals surface area (Å²) < 4.78 is 1.99. The van der Waals surface area contributed by atoms with Crippen molar-refractivity contribution in [3.63, 3.8) is 0 Å². The smallest absolute Gasteiger partial charge is 0.309 e. The highest BCUT2D eigenvalue weighted by Gasteiger charge is 2.08. The SMILES string of the molecule is CCc1ccc(Cn2cc(CC(=O)O)nc2C)cc1. The van der Waals surface area contributed by atoms with Gasteiger partial charge in [-0.15, -0.1) is 0 Å². The summed E-state index contributed by atoms with van der Waals surface area (Å²) in [6, 6.07) is 8.46. The van der Waals surface area contributed by atoms with E-state index in [1.807, 2.05) is 17.7 Å². The van der Waals surface area contributed by atoms with Crippen LogP contribution in [0.5, 0.6) is 0 Å². The van der Waals surface area contributed by atoms with Crippen molar-refractivity contribution in [1.29, 1.82) is 0 Å². The lowest BCUT2D eigenvalue weighted by atomic mass is 10.1. The van der Waals surface area contributed by atoms with E-state index in [9.17, 15) is 4.79 Å². The zero-order valence-corrected chi connectivity index (χ0v) is 11.3. The Morgan fingerprint density at radius 3 is 2.47 bits per heavy atom. The lowest BCUT2D eigenvalue weighted by molar-refractivity contribution is -0.136. The van der Waals surface area contributed by atoms with Crippen LogP contribution in [0.3, 0.4) is 0 Å². The summed E-state index contributed by atoms with van der Waals surface area (Å²) in [5.74, 6) is -0.00670. The molecule has 0 aliphatic heterocycles. The number of carboxylic acids is 1. The van der Waals surface area contributed by atoms with E-state index in [2.05, 4.69) is 36.2 Å². The molecule has 0 amide bonds. The van der Waals surface area contributed by atoms with Gasteiger partial charge in [0.2, 0.25) is 0 Å². The van der Waals surface area contributed by atoms with E-state index in [1.54, 1.807) is 0 Å². The van der Waals surface area contributed by atoms with Crippen molar-refractivity contribution >= 4 is 5.97 Å². The highest BCUT2D eigenvalue weighted by atomic mass is 16.4. The van der Waals surface area contributed by atoms with Gasteiger partial charge in [-0.3, -0.25) is 4.79 Å². The van der Waals surface area contributed by atoms with Crippen LogP contribution in [0.4, 0.5) is 0 Å². The van der Waals surface area contributed by atoms with Crippen molar-refractivity contribution in [3.05, 3.63) is 53.1 Å². The Morgan fingerprint density at radius 1 is 1.26 bits per heavy atom. The molecule has 0 atom stereocenters. The van der Waals surface area contributed by atoms with E-state index in [0.29, 0.717) is 5.69 Å². The van der Waals surface area contributed by atoms with Gasteiger partial charge < -0.3 is 9.67 Å². The lowest BCUT2D eigenvalue weighted by Gasteiger charge is -2.05. The van der Waals surface area contributed by atoms with E-state index in [1.165, 1.54) is 11.1 Å². The van der Waals surface area contributed by atoms with Crippen LogP contribution in [0.2, 0.25) is 0 Å². The molecule has 0 aliphatic rings. The molecule has 1 aromatic heterocycles. The van der Waals surface area contributed by atoms with Gasteiger partial charge in [0.1, 0.15) is 5.82 Å². The van der Waals surface area contributed by atoms with E-state index in [-0.39, 0.29) is 6.42 Å². The molecule has 19 heavy (non-hydrogen) atoms. The molecule has 1 aromatic carbocycles. The van der Waals surface area contributed by atoms with Gasteiger partial charge in [0.05, 0.1) is 12.1 Å². The van der Waals surface area contributed by atoms with Gasteiger partial charge in [0.25, 0.3) is 0 Å². The van der Waals surface area contributed by atoms with Crippen molar-refractivity contribution in [2.45, 2.75) is 33.2 Å². The molecule has 1 heterocycles. The van der Waals surface area contributed by atoms with E-state index < -0.39 is 5.97 Å². The van der Waals surface area contributed by atoms with Gasteiger partial charge in [0.15, 0.2) is 0 Å². The molecule has 0 unspecified atom stereocenters. The highest BCUT2D eigenvalue weighted by Crippen LogP contribution is 2.10. The third kappa shape index (κ3) is 3.44. The average Bonchev–Trinajstić information content (AvgIpc) is 2.69. The first-order chi connectivity index (χ1) is 9.08. The molecule has 2 aromatic rings. The summed E-state index contributed by atoms with van der Waals surface area (Å²) in [6.45, 7) is 4.75. The maximum absolute atomic E-state index is 10.7. The fourth-order valence-electron chi connectivity index (χ4n) is 2.05. The van der Waals surface area contributed by atoms with Gasteiger partial charge in [0, 0.05) is 12.7 Å². The third-order valence-corrected chi connectivity index (χ3v) is 3.14. The van der Waals surface area contributed by atoms with Crippen LogP contribution in [0.25, 0.3) is 0 Å². The predicted octanol–water partition coefficient (Wildman–Crippen LogP) is 2.43. The number of hydrogen-bond acceptors (Lipinski definition) is 2. The second-order valence-electron chi connectivity index (χ2n) is 4.65. The maximum Gasteiger partial charge on any atom is 0.309 e. The molecule has 0 spiro atoms. The third-order valence-electron chi connectivity index (χ3n) is 3.14. The van der Waals surface area contributed by atoms with Gasteiger partial charge in [-0.25, -0.2) is 4.98 Å². The van der Waals surface area contributed by atoms with Crippen LogP contribution in [0.1, 0.15) is 29.6 Å². The Morgan fingerprint density at radius 2 is 1.89 bits per heavy atom. The number of benzene rings is 1. The molecule has 0 bridgehead atoms. The molecule has 0 saturated carbocycles. The summed E-state index contributed by atoms with van der Waals surface area (Å²) >= 11 is 0.